The summed E-state index contributed by atoms with van der Waals surface area (Å²) in [4.78, 5) is 12.2. The molecule has 0 aliphatic rings. The number of aromatic hydroxyl groups is 1. The zero-order chi connectivity index (χ0) is 20.3. The van der Waals surface area contributed by atoms with Gasteiger partial charge in [-0.1, -0.05) is 23.7 Å². The molecule has 0 spiro atoms. The Balaban J connectivity index is 1.79. The van der Waals surface area contributed by atoms with Crippen molar-refractivity contribution in [2.24, 2.45) is 5.10 Å². The molecule has 2 N–H and O–H groups in total. The SMILES string of the molecule is COc1ccc(C(=O)N/N=C\c2cc(C)n(-c3ccccc3Cl)c2C)c(O)c1. The van der Waals surface area contributed by atoms with Gasteiger partial charge in [-0.2, -0.15) is 5.10 Å². The van der Waals surface area contributed by atoms with Crippen molar-refractivity contribution in [1.29, 1.82) is 0 Å². The third-order valence-electron chi connectivity index (χ3n) is 4.38. The van der Waals surface area contributed by atoms with E-state index in [2.05, 4.69) is 10.5 Å². The van der Waals surface area contributed by atoms with Gasteiger partial charge in [0.15, 0.2) is 0 Å². The number of phenolic OH excluding ortho intramolecular Hbond substituents is 1. The summed E-state index contributed by atoms with van der Waals surface area (Å²) in [7, 11) is 1.48. The highest BCUT2D eigenvalue weighted by Gasteiger charge is 2.13. The van der Waals surface area contributed by atoms with Gasteiger partial charge >= 0.3 is 0 Å². The molecular weight excluding hydrogens is 378 g/mol. The Bertz CT molecular complexity index is 1060. The molecule has 28 heavy (non-hydrogen) atoms. The van der Waals surface area contributed by atoms with Crippen LogP contribution in [0.3, 0.4) is 0 Å². The van der Waals surface area contributed by atoms with Gasteiger partial charge in [0.25, 0.3) is 5.91 Å². The molecule has 0 saturated carbocycles. The van der Waals surface area contributed by atoms with E-state index < -0.39 is 5.91 Å². The lowest BCUT2D eigenvalue weighted by Crippen LogP contribution is -2.17. The van der Waals surface area contributed by atoms with Crippen LogP contribution in [-0.2, 0) is 0 Å². The summed E-state index contributed by atoms with van der Waals surface area (Å²) in [6, 6.07) is 14.0. The van der Waals surface area contributed by atoms with Crippen LogP contribution < -0.4 is 10.2 Å². The first kappa shape index (κ1) is 19.5. The quantitative estimate of drug-likeness (QED) is 0.499. The van der Waals surface area contributed by atoms with E-state index >= 15 is 0 Å². The van der Waals surface area contributed by atoms with Gasteiger partial charge in [0, 0.05) is 23.0 Å². The molecule has 7 heteroatoms. The maximum Gasteiger partial charge on any atom is 0.275 e. The number of nitrogens with zero attached hydrogens (tertiary/aromatic N) is 2. The monoisotopic (exact) mass is 397 g/mol. The Morgan fingerprint density at radius 3 is 2.64 bits per heavy atom. The first-order valence-corrected chi connectivity index (χ1v) is 8.94. The fourth-order valence-electron chi connectivity index (χ4n) is 2.97. The number of carbonyl (C=O) groups excluding carboxylic acids is 1. The molecule has 0 aliphatic heterocycles. The number of aryl methyl sites for hydroxylation is 1. The van der Waals surface area contributed by atoms with Gasteiger partial charge in [-0.25, -0.2) is 5.43 Å². The lowest BCUT2D eigenvalue weighted by atomic mass is 10.2. The minimum Gasteiger partial charge on any atom is -0.507 e. The number of para-hydroxylation sites is 1. The standard InChI is InChI=1S/C21H20ClN3O3/c1-13-10-15(14(2)25(13)19-7-5-4-6-18(19)22)12-23-24-21(27)17-9-8-16(28-3)11-20(17)26/h4-12,26H,1-3H3,(H,24,27)/b23-12-. The molecule has 6 nitrogen and oxygen atoms in total. The molecule has 2 aromatic carbocycles. The molecule has 0 unspecified atom stereocenters. The van der Waals surface area contributed by atoms with Crippen molar-refractivity contribution in [3.05, 3.63) is 76.1 Å². The number of amides is 1. The Hall–Kier alpha value is -3.25. The number of hydrogen-bond acceptors (Lipinski definition) is 4. The van der Waals surface area contributed by atoms with Gasteiger partial charge in [-0.3, -0.25) is 4.79 Å². The lowest BCUT2D eigenvalue weighted by molar-refractivity contribution is 0.0952. The number of benzene rings is 2. The zero-order valence-corrected chi connectivity index (χ0v) is 16.5. The van der Waals surface area contributed by atoms with Crippen LogP contribution in [-0.4, -0.2) is 28.9 Å². The summed E-state index contributed by atoms with van der Waals surface area (Å²) < 4.78 is 7.04. The molecule has 0 fully saturated rings. The maximum atomic E-state index is 12.2. The van der Waals surface area contributed by atoms with Crippen LogP contribution in [0.25, 0.3) is 5.69 Å². The summed E-state index contributed by atoms with van der Waals surface area (Å²) in [5.74, 6) is -0.232. The second-order valence-corrected chi connectivity index (χ2v) is 6.60. The number of halogens is 1. The largest absolute Gasteiger partial charge is 0.507 e. The van der Waals surface area contributed by atoms with E-state index in [9.17, 15) is 9.90 Å². The number of methoxy groups -OCH3 is 1. The van der Waals surface area contributed by atoms with Crippen LogP contribution in [0.15, 0.2) is 53.6 Å². The molecular formula is C21H20ClN3O3. The van der Waals surface area contributed by atoms with Crippen molar-refractivity contribution in [2.75, 3.05) is 7.11 Å². The number of carbonyl (C=O) groups is 1. The van der Waals surface area contributed by atoms with Crippen LogP contribution >= 0.6 is 11.6 Å². The van der Waals surface area contributed by atoms with Crippen LogP contribution in [0.2, 0.25) is 5.02 Å². The number of rotatable bonds is 5. The molecule has 3 aromatic rings. The van der Waals surface area contributed by atoms with Gasteiger partial charge in [-0.05, 0) is 44.2 Å². The van der Waals surface area contributed by atoms with Crippen LogP contribution in [0, 0.1) is 13.8 Å². The third-order valence-corrected chi connectivity index (χ3v) is 4.70. The summed E-state index contributed by atoms with van der Waals surface area (Å²) >= 11 is 6.32. The van der Waals surface area contributed by atoms with Gasteiger partial charge in [0.2, 0.25) is 0 Å². The number of phenols is 1. The van der Waals surface area contributed by atoms with E-state index in [1.807, 2.05) is 48.7 Å². The predicted octanol–water partition coefficient (Wildman–Crippen LogP) is 4.23. The van der Waals surface area contributed by atoms with Gasteiger partial charge in [-0.15, -0.1) is 0 Å². The van der Waals surface area contributed by atoms with E-state index in [-0.39, 0.29) is 11.3 Å². The third kappa shape index (κ3) is 3.87. The van der Waals surface area contributed by atoms with E-state index in [0.29, 0.717) is 10.8 Å². The molecule has 3 rings (SSSR count). The van der Waals surface area contributed by atoms with Crippen molar-refractivity contribution >= 4 is 23.7 Å². The highest BCUT2D eigenvalue weighted by Crippen LogP contribution is 2.26. The second-order valence-electron chi connectivity index (χ2n) is 6.20. The molecule has 144 valence electrons. The van der Waals surface area contributed by atoms with Gasteiger partial charge < -0.3 is 14.4 Å². The summed E-state index contributed by atoms with van der Waals surface area (Å²) in [5.41, 5.74) is 6.20. The molecule has 1 heterocycles. The molecule has 1 amide bonds. The average Bonchev–Trinajstić information content (AvgIpc) is 2.95. The van der Waals surface area contributed by atoms with Crippen LogP contribution in [0.5, 0.6) is 11.5 Å². The summed E-state index contributed by atoms with van der Waals surface area (Å²) in [6.45, 7) is 3.93. The normalized spacial score (nSPS) is 11.0. The summed E-state index contributed by atoms with van der Waals surface area (Å²) in [5, 5.41) is 14.6. The van der Waals surface area contributed by atoms with E-state index in [1.54, 1.807) is 12.3 Å². The van der Waals surface area contributed by atoms with E-state index in [4.69, 9.17) is 16.3 Å². The Kier molecular flexibility index (Phi) is 5.70. The number of aromatic nitrogens is 1. The summed E-state index contributed by atoms with van der Waals surface area (Å²) in [6.07, 6.45) is 1.56. The van der Waals surface area contributed by atoms with Gasteiger partial charge in [0.1, 0.15) is 11.5 Å². The van der Waals surface area contributed by atoms with Crippen molar-refractivity contribution in [3.63, 3.8) is 0 Å². The topological polar surface area (TPSA) is 75.8 Å². The second kappa shape index (κ2) is 8.19. The van der Waals surface area contributed by atoms with E-state index in [1.165, 1.54) is 19.2 Å². The Labute approximate surface area is 168 Å². The molecule has 1 aromatic heterocycles. The first-order chi connectivity index (χ1) is 13.4. The first-order valence-electron chi connectivity index (χ1n) is 8.56. The predicted molar refractivity (Wildman–Crippen MR) is 110 cm³/mol. The highest BCUT2D eigenvalue weighted by molar-refractivity contribution is 6.32. The number of nitrogens with one attached hydrogen (secondary N) is 1. The van der Waals surface area contributed by atoms with Crippen LogP contribution in [0.4, 0.5) is 0 Å². The van der Waals surface area contributed by atoms with Gasteiger partial charge in [0.05, 0.1) is 29.6 Å². The maximum absolute atomic E-state index is 12.2. The number of ether oxygens (including phenoxy) is 1. The molecule has 0 atom stereocenters. The molecule has 0 saturated heterocycles. The van der Waals surface area contributed by atoms with E-state index in [0.717, 1.165) is 22.6 Å². The smallest absolute Gasteiger partial charge is 0.275 e. The van der Waals surface area contributed by atoms with Crippen LogP contribution in [0.1, 0.15) is 27.3 Å². The minimum atomic E-state index is -0.517. The molecule has 0 aliphatic carbocycles. The highest BCUT2D eigenvalue weighted by atomic mass is 35.5. The number of hydrogen-bond donors (Lipinski definition) is 2. The van der Waals surface area contributed by atoms with Crippen molar-refractivity contribution in [2.45, 2.75) is 13.8 Å². The fraction of sp³-hybridized carbons (Fsp3) is 0.143. The Morgan fingerprint density at radius 1 is 1.21 bits per heavy atom. The fourth-order valence-corrected chi connectivity index (χ4v) is 3.19. The Morgan fingerprint density at radius 2 is 1.96 bits per heavy atom. The minimum absolute atomic E-state index is 0.111. The molecule has 0 radical (unpaired) electrons. The lowest BCUT2D eigenvalue weighted by Gasteiger charge is -2.11. The average molecular weight is 398 g/mol. The number of hydrazone groups is 1. The van der Waals surface area contributed by atoms with Crippen molar-refractivity contribution in [1.82, 2.24) is 9.99 Å². The molecule has 0 bridgehead atoms. The zero-order valence-electron chi connectivity index (χ0n) is 15.7. The van der Waals surface area contributed by atoms with Crippen molar-refractivity contribution in [3.8, 4) is 17.2 Å². The van der Waals surface area contributed by atoms with Crippen molar-refractivity contribution < 1.29 is 14.6 Å².